The number of nitrogens with one attached hydrogen (secondary N) is 1. The lowest BCUT2D eigenvalue weighted by Gasteiger charge is -2.14. The highest BCUT2D eigenvalue weighted by atomic mass is 16.5. The minimum absolute atomic E-state index is 0.0297. The van der Waals surface area contributed by atoms with Gasteiger partial charge in [-0.15, -0.1) is 0 Å². The van der Waals surface area contributed by atoms with Crippen LogP contribution >= 0.6 is 0 Å². The molecule has 5 heteroatoms. The number of hydrogen-bond donors (Lipinski definition) is 1. The standard InChI is InChI=1S/C13H15NO4/c1-17-11-4-2-9(7-15)6-12(11)18-8-10-3-5-13(16)14-10/h2,4,6-7,10H,3,5,8H2,1H3,(H,14,16). The van der Waals surface area contributed by atoms with Crippen LogP contribution in [0.2, 0.25) is 0 Å². The largest absolute Gasteiger partial charge is 0.493 e. The second-order valence-electron chi connectivity index (χ2n) is 4.14. The number of aldehydes is 1. The second-order valence-corrected chi connectivity index (χ2v) is 4.14. The lowest BCUT2D eigenvalue weighted by atomic mass is 10.2. The number of rotatable bonds is 5. The summed E-state index contributed by atoms with van der Waals surface area (Å²) in [6.07, 6.45) is 2.07. The summed E-state index contributed by atoms with van der Waals surface area (Å²) in [5.41, 5.74) is 0.529. The molecular weight excluding hydrogens is 234 g/mol. The maximum Gasteiger partial charge on any atom is 0.220 e. The molecule has 0 aliphatic carbocycles. The molecular formula is C13H15NO4. The van der Waals surface area contributed by atoms with Crippen molar-refractivity contribution in [2.45, 2.75) is 18.9 Å². The van der Waals surface area contributed by atoms with Crippen molar-refractivity contribution in [3.8, 4) is 11.5 Å². The van der Waals surface area contributed by atoms with Crippen molar-refractivity contribution in [3.05, 3.63) is 23.8 Å². The SMILES string of the molecule is COc1ccc(C=O)cc1OCC1CCC(=O)N1. The van der Waals surface area contributed by atoms with E-state index in [1.807, 2.05) is 0 Å². The Labute approximate surface area is 105 Å². The number of carbonyl (C=O) groups is 2. The van der Waals surface area contributed by atoms with Crippen molar-refractivity contribution in [2.75, 3.05) is 13.7 Å². The highest BCUT2D eigenvalue weighted by Gasteiger charge is 2.21. The molecule has 1 fully saturated rings. The van der Waals surface area contributed by atoms with E-state index < -0.39 is 0 Å². The minimum Gasteiger partial charge on any atom is -0.493 e. The zero-order chi connectivity index (χ0) is 13.0. The van der Waals surface area contributed by atoms with E-state index in [-0.39, 0.29) is 11.9 Å². The van der Waals surface area contributed by atoms with Crippen LogP contribution < -0.4 is 14.8 Å². The van der Waals surface area contributed by atoms with Gasteiger partial charge < -0.3 is 14.8 Å². The highest BCUT2D eigenvalue weighted by molar-refractivity contribution is 5.78. The van der Waals surface area contributed by atoms with Gasteiger partial charge in [-0.2, -0.15) is 0 Å². The van der Waals surface area contributed by atoms with Crippen molar-refractivity contribution in [1.29, 1.82) is 0 Å². The van der Waals surface area contributed by atoms with Crippen LogP contribution in [0.15, 0.2) is 18.2 Å². The molecule has 0 radical (unpaired) electrons. The van der Waals surface area contributed by atoms with Crippen LogP contribution in [0.1, 0.15) is 23.2 Å². The average Bonchev–Trinajstić information content (AvgIpc) is 2.81. The third kappa shape index (κ3) is 2.80. The van der Waals surface area contributed by atoms with Gasteiger partial charge in [0.2, 0.25) is 5.91 Å². The van der Waals surface area contributed by atoms with Crippen LogP contribution in [0.3, 0.4) is 0 Å². The predicted molar refractivity (Wildman–Crippen MR) is 65.0 cm³/mol. The molecule has 1 aliphatic heterocycles. The molecule has 5 nitrogen and oxygen atoms in total. The van der Waals surface area contributed by atoms with Crippen molar-refractivity contribution < 1.29 is 19.1 Å². The summed E-state index contributed by atoms with van der Waals surface area (Å²) >= 11 is 0. The van der Waals surface area contributed by atoms with Crippen molar-refractivity contribution in [2.24, 2.45) is 0 Å². The Hall–Kier alpha value is -2.04. The van der Waals surface area contributed by atoms with Crippen LogP contribution in [0, 0.1) is 0 Å². The van der Waals surface area contributed by atoms with E-state index in [9.17, 15) is 9.59 Å². The Bertz CT molecular complexity index is 458. The van der Waals surface area contributed by atoms with Gasteiger partial charge in [0.25, 0.3) is 0 Å². The summed E-state index contributed by atoms with van der Waals surface area (Å²) in [5, 5.41) is 2.82. The molecule has 1 heterocycles. The molecule has 1 amide bonds. The van der Waals surface area contributed by atoms with Gasteiger partial charge in [-0.1, -0.05) is 0 Å². The topological polar surface area (TPSA) is 64.6 Å². The van der Waals surface area contributed by atoms with Crippen molar-refractivity contribution in [1.82, 2.24) is 5.32 Å². The highest BCUT2D eigenvalue weighted by Crippen LogP contribution is 2.28. The Balaban J connectivity index is 2.02. The molecule has 0 aromatic heterocycles. The molecule has 1 unspecified atom stereocenters. The summed E-state index contributed by atoms with van der Waals surface area (Å²) in [5.74, 6) is 1.14. The Morgan fingerprint density at radius 1 is 1.44 bits per heavy atom. The molecule has 0 saturated carbocycles. The number of ether oxygens (including phenoxy) is 2. The van der Waals surface area contributed by atoms with Crippen LogP contribution in [0.4, 0.5) is 0 Å². The molecule has 1 aromatic carbocycles. The summed E-state index contributed by atoms with van der Waals surface area (Å²) in [7, 11) is 1.54. The van der Waals surface area contributed by atoms with Gasteiger partial charge in [-0.05, 0) is 24.6 Å². The molecule has 1 saturated heterocycles. The fourth-order valence-corrected chi connectivity index (χ4v) is 1.87. The maximum atomic E-state index is 11.1. The number of amides is 1. The molecule has 0 bridgehead atoms. The van der Waals surface area contributed by atoms with Crippen molar-refractivity contribution >= 4 is 12.2 Å². The molecule has 1 N–H and O–H groups in total. The lowest BCUT2D eigenvalue weighted by Crippen LogP contribution is -2.30. The summed E-state index contributed by atoms with van der Waals surface area (Å²) in [4.78, 5) is 21.8. The Kier molecular flexibility index (Phi) is 3.82. The van der Waals surface area contributed by atoms with Crippen molar-refractivity contribution in [3.63, 3.8) is 0 Å². The van der Waals surface area contributed by atoms with Gasteiger partial charge in [0.05, 0.1) is 13.2 Å². The molecule has 18 heavy (non-hydrogen) atoms. The number of hydrogen-bond acceptors (Lipinski definition) is 4. The Morgan fingerprint density at radius 3 is 2.89 bits per heavy atom. The van der Waals surface area contributed by atoms with E-state index in [1.54, 1.807) is 25.3 Å². The molecule has 0 spiro atoms. The van der Waals surface area contributed by atoms with E-state index in [1.165, 1.54) is 0 Å². The number of carbonyl (C=O) groups excluding carboxylic acids is 2. The first kappa shape index (κ1) is 12.4. The molecule has 1 atom stereocenters. The van der Waals surface area contributed by atoms with Gasteiger partial charge >= 0.3 is 0 Å². The van der Waals surface area contributed by atoms with E-state index in [4.69, 9.17) is 9.47 Å². The van der Waals surface area contributed by atoms with Crippen LogP contribution in [0.25, 0.3) is 0 Å². The predicted octanol–water partition coefficient (Wildman–Crippen LogP) is 1.17. The fraction of sp³-hybridized carbons (Fsp3) is 0.385. The zero-order valence-electron chi connectivity index (χ0n) is 10.1. The van der Waals surface area contributed by atoms with E-state index in [2.05, 4.69) is 5.32 Å². The maximum absolute atomic E-state index is 11.1. The van der Waals surface area contributed by atoms with Gasteiger partial charge in [-0.25, -0.2) is 0 Å². The first-order valence-corrected chi connectivity index (χ1v) is 5.78. The second kappa shape index (κ2) is 5.53. The quantitative estimate of drug-likeness (QED) is 0.795. The van der Waals surface area contributed by atoms with E-state index in [0.29, 0.717) is 30.1 Å². The fourth-order valence-electron chi connectivity index (χ4n) is 1.87. The summed E-state index contributed by atoms with van der Waals surface area (Å²) in [6, 6.07) is 5.01. The lowest BCUT2D eigenvalue weighted by molar-refractivity contribution is -0.119. The first-order valence-electron chi connectivity index (χ1n) is 5.78. The van der Waals surface area contributed by atoms with Gasteiger partial charge in [0.1, 0.15) is 12.9 Å². The van der Waals surface area contributed by atoms with E-state index >= 15 is 0 Å². The first-order chi connectivity index (χ1) is 8.72. The third-order valence-electron chi connectivity index (χ3n) is 2.85. The number of benzene rings is 1. The van der Waals surface area contributed by atoms with Gasteiger partial charge in [0.15, 0.2) is 11.5 Å². The van der Waals surface area contributed by atoms with Gasteiger partial charge in [0, 0.05) is 12.0 Å². The van der Waals surface area contributed by atoms with Gasteiger partial charge in [-0.3, -0.25) is 9.59 Å². The van der Waals surface area contributed by atoms with Crippen LogP contribution in [0.5, 0.6) is 11.5 Å². The molecule has 96 valence electrons. The summed E-state index contributed by atoms with van der Waals surface area (Å²) in [6.45, 7) is 0.379. The number of methoxy groups -OCH3 is 1. The van der Waals surface area contributed by atoms with Crippen LogP contribution in [-0.4, -0.2) is 32.0 Å². The molecule has 1 aliphatic rings. The minimum atomic E-state index is 0.0297. The third-order valence-corrected chi connectivity index (χ3v) is 2.85. The molecule has 1 aromatic rings. The zero-order valence-corrected chi connectivity index (χ0v) is 10.1. The monoisotopic (exact) mass is 249 g/mol. The molecule has 2 rings (SSSR count). The average molecular weight is 249 g/mol. The normalized spacial score (nSPS) is 18.3. The van der Waals surface area contributed by atoms with E-state index in [0.717, 1.165) is 12.7 Å². The van der Waals surface area contributed by atoms with Crippen LogP contribution in [-0.2, 0) is 4.79 Å². The summed E-state index contributed by atoms with van der Waals surface area (Å²) < 4.78 is 10.8. The Morgan fingerprint density at radius 2 is 2.28 bits per heavy atom. The smallest absolute Gasteiger partial charge is 0.220 e.